The van der Waals surface area contributed by atoms with Crippen molar-refractivity contribution in [2.24, 2.45) is 10.2 Å². The summed E-state index contributed by atoms with van der Waals surface area (Å²) in [5.74, 6) is 0.628. The average molecular weight is 398 g/mol. The minimum Gasteiger partial charge on any atom is -0.358 e. The summed E-state index contributed by atoms with van der Waals surface area (Å²) in [7, 11) is 0. The van der Waals surface area contributed by atoms with E-state index >= 15 is 0 Å². The summed E-state index contributed by atoms with van der Waals surface area (Å²) in [5.41, 5.74) is 4.71. The van der Waals surface area contributed by atoms with Crippen molar-refractivity contribution in [2.45, 2.75) is 19.9 Å². The highest BCUT2D eigenvalue weighted by molar-refractivity contribution is 7.18. The second-order valence-corrected chi connectivity index (χ2v) is 8.08. The SMILES string of the molecule is Cc1[nH]c2ccccc2c1CN=Nc1ncnc2sc(Cc3ccccc3)cc12. The van der Waals surface area contributed by atoms with E-state index in [1.165, 1.54) is 21.4 Å². The number of para-hydroxylation sites is 1. The predicted octanol–water partition coefficient (Wildman–Crippen LogP) is 6.36. The topological polar surface area (TPSA) is 66.3 Å². The monoisotopic (exact) mass is 397 g/mol. The zero-order chi connectivity index (χ0) is 19.6. The van der Waals surface area contributed by atoms with E-state index in [-0.39, 0.29) is 0 Å². The first kappa shape index (κ1) is 17.7. The van der Waals surface area contributed by atoms with Gasteiger partial charge in [0.1, 0.15) is 11.2 Å². The molecule has 1 N–H and O–H groups in total. The second-order valence-electron chi connectivity index (χ2n) is 6.96. The minimum atomic E-state index is 0.516. The Morgan fingerprint density at radius 1 is 0.966 bits per heavy atom. The summed E-state index contributed by atoms with van der Waals surface area (Å²) in [6, 6.07) is 20.8. The molecule has 0 spiro atoms. The van der Waals surface area contributed by atoms with Gasteiger partial charge in [0.2, 0.25) is 0 Å². The van der Waals surface area contributed by atoms with Crippen LogP contribution < -0.4 is 0 Å². The molecule has 142 valence electrons. The van der Waals surface area contributed by atoms with Crippen molar-refractivity contribution in [3.05, 3.63) is 88.7 Å². The fraction of sp³-hybridized carbons (Fsp3) is 0.130. The highest BCUT2D eigenvalue weighted by Crippen LogP contribution is 2.31. The van der Waals surface area contributed by atoms with Gasteiger partial charge in [-0.15, -0.1) is 16.5 Å². The normalized spacial score (nSPS) is 11.8. The smallest absolute Gasteiger partial charge is 0.185 e. The van der Waals surface area contributed by atoms with Crippen molar-refractivity contribution < 1.29 is 0 Å². The third kappa shape index (κ3) is 3.54. The standard InChI is InChI=1S/C23H19N5S/c1-15-20(18-9-5-6-10-21(18)27-15)13-26-28-22-19-12-17(29-23(19)25-14-24-22)11-16-7-3-2-4-8-16/h2-10,12,14,27H,11,13H2,1H3. The average Bonchev–Trinajstić information content (AvgIpc) is 3.29. The van der Waals surface area contributed by atoms with Crippen LogP contribution in [0.4, 0.5) is 5.82 Å². The summed E-state index contributed by atoms with van der Waals surface area (Å²) in [6.07, 6.45) is 2.45. The molecule has 2 aromatic carbocycles. The number of thiophene rings is 1. The van der Waals surface area contributed by atoms with Gasteiger partial charge < -0.3 is 4.98 Å². The third-order valence-electron chi connectivity index (χ3n) is 5.00. The van der Waals surface area contributed by atoms with Crippen LogP contribution in [0, 0.1) is 6.92 Å². The predicted molar refractivity (Wildman–Crippen MR) is 118 cm³/mol. The largest absolute Gasteiger partial charge is 0.358 e. The molecule has 5 nitrogen and oxygen atoms in total. The molecule has 0 saturated carbocycles. The van der Waals surface area contributed by atoms with Crippen LogP contribution in [0.3, 0.4) is 0 Å². The van der Waals surface area contributed by atoms with Crippen LogP contribution in [0.25, 0.3) is 21.1 Å². The summed E-state index contributed by atoms with van der Waals surface area (Å²) in [4.78, 5) is 14.4. The Hall–Kier alpha value is -3.38. The molecule has 0 aliphatic carbocycles. The van der Waals surface area contributed by atoms with Crippen molar-refractivity contribution in [2.75, 3.05) is 0 Å². The molecule has 0 unspecified atom stereocenters. The van der Waals surface area contributed by atoms with E-state index in [0.717, 1.165) is 27.8 Å². The molecule has 5 rings (SSSR count). The van der Waals surface area contributed by atoms with Gasteiger partial charge in [-0.05, 0) is 24.6 Å². The zero-order valence-electron chi connectivity index (χ0n) is 16.0. The van der Waals surface area contributed by atoms with Gasteiger partial charge in [0.05, 0.1) is 11.9 Å². The second kappa shape index (κ2) is 7.56. The fourth-order valence-electron chi connectivity index (χ4n) is 3.57. The van der Waals surface area contributed by atoms with Gasteiger partial charge in [-0.25, -0.2) is 9.97 Å². The Labute approximate surface area is 172 Å². The maximum Gasteiger partial charge on any atom is 0.185 e. The molecule has 0 aliphatic rings. The fourth-order valence-corrected chi connectivity index (χ4v) is 4.59. The minimum absolute atomic E-state index is 0.516. The first-order chi connectivity index (χ1) is 14.3. The lowest BCUT2D eigenvalue weighted by molar-refractivity contribution is 0.943. The molecule has 6 heteroatoms. The molecule has 0 atom stereocenters. The van der Waals surface area contributed by atoms with E-state index in [9.17, 15) is 0 Å². The molecule has 5 aromatic rings. The van der Waals surface area contributed by atoms with Gasteiger partial charge in [-0.2, -0.15) is 5.11 Å². The van der Waals surface area contributed by atoms with Crippen molar-refractivity contribution in [1.29, 1.82) is 0 Å². The van der Waals surface area contributed by atoms with Gasteiger partial charge >= 0.3 is 0 Å². The summed E-state index contributed by atoms with van der Waals surface area (Å²) in [6.45, 7) is 2.59. The number of hydrogen-bond acceptors (Lipinski definition) is 5. The lowest BCUT2D eigenvalue weighted by atomic mass is 10.1. The number of nitrogens with zero attached hydrogens (tertiary/aromatic N) is 4. The van der Waals surface area contributed by atoms with E-state index in [0.29, 0.717) is 12.4 Å². The Kier molecular flexibility index (Phi) is 4.62. The number of azo groups is 1. The van der Waals surface area contributed by atoms with Crippen LogP contribution in [0.15, 0.2) is 77.2 Å². The van der Waals surface area contributed by atoms with Gasteiger partial charge in [-0.3, -0.25) is 0 Å². The van der Waals surface area contributed by atoms with E-state index in [1.54, 1.807) is 17.7 Å². The molecule has 3 heterocycles. The van der Waals surface area contributed by atoms with Gasteiger partial charge in [0, 0.05) is 33.5 Å². The number of benzene rings is 2. The molecule has 0 amide bonds. The highest BCUT2D eigenvalue weighted by Gasteiger charge is 2.10. The van der Waals surface area contributed by atoms with Crippen molar-refractivity contribution in [3.63, 3.8) is 0 Å². The van der Waals surface area contributed by atoms with Gasteiger partial charge in [0.25, 0.3) is 0 Å². The molecular formula is C23H19N5S. The van der Waals surface area contributed by atoms with Gasteiger partial charge in [-0.1, -0.05) is 48.5 Å². The molecule has 29 heavy (non-hydrogen) atoms. The molecule has 0 bridgehead atoms. The highest BCUT2D eigenvalue weighted by atomic mass is 32.1. The van der Waals surface area contributed by atoms with Gasteiger partial charge in [0.15, 0.2) is 5.82 Å². The first-order valence-corrected chi connectivity index (χ1v) is 10.3. The lowest BCUT2D eigenvalue weighted by Gasteiger charge is -1.97. The van der Waals surface area contributed by atoms with Crippen molar-refractivity contribution in [3.8, 4) is 0 Å². The van der Waals surface area contributed by atoms with Crippen LogP contribution in [-0.2, 0) is 13.0 Å². The summed E-state index contributed by atoms with van der Waals surface area (Å²) >= 11 is 1.68. The number of nitrogens with one attached hydrogen (secondary N) is 1. The summed E-state index contributed by atoms with van der Waals surface area (Å²) < 4.78 is 0. The molecule has 0 fully saturated rings. The van der Waals surface area contributed by atoms with Crippen LogP contribution in [0.1, 0.15) is 21.7 Å². The molecular weight excluding hydrogens is 378 g/mol. The van der Waals surface area contributed by atoms with E-state index in [4.69, 9.17) is 0 Å². The maximum atomic E-state index is 4.46. The maximum absolute atomic E-state index is 4.46. The third-order valence-corrected chi connectivity index (χ3v) is 6.04. The molecule has 0 radical (unpaired) electrons. The number of aromatic amines is 1. The number of hydrogen-bond donors (Lipinski definition) is 1. The van der Waals surface area contributed by atoms with Crippen LogP contribution in [0.2, 0.25) is 0 Å². The molecule has 0 aliphatic heterocycles. The zero-order valence-corrected chi connectivity index (χ0v) is 16.8. The van der Waals surface area contributed by atoms with Crippen LogP contribution in [0.5, 0.6) is 0 Å². The van der Waals surface area contributed by atoms with E-state index < -0.39 is 0 Å². The molecule has 3 aromatic heterocycles. The van der Waals surface area contributed by atoms with Crippen molar-refractivity contribution in [1.82, 2.24) is 15.0 Å². The number of aryl methyl sites for hydroxylation is 1. The van der Waals surface area contributed by atoms with Crippen LogP contribution >= 0.6 is 11.3 Å². The number of H-pyrrole nitrogens is 1. The Morgan fingerprint density at radius 3 is 2.69 bits per heavy atom. The molecule has 0 saturated heterocycles. The van der Waals surface area contributed by atoms with Crippen LogP contribution in [-0.4, -0.2) is 15.0 Å². The number of rotatable bonds is 5. The Balaban J connectivity index is 1.42. The lowest BCUT2D eigenvalue weighted by Crippen LogP contribution is -1.83. The van der Waals surface area contributed by atoms with E-state index in [2.05, 4.69) is 74.6 Å². The Morgan fingerprint density at radius 2 is 1.79 bits per heavy atom. The Bertz CT molecular complexity index is 1320. The quantitative estimate of drug-likeness (QED) is 0.351. The first-order valence-electron chi connectivity index (χ1n) is 9.49. The number of fused-ring (bicyclic) bond motifs is 2. The number of aromatic nitrogens is 3. The summed E-state index contributed by atoms with van der Waals surface area (Å²) in [5, 5.41) is 11.1. The van der Waals surface area contributed by atoms with E-state index in [1.807, 2.05) is 18.2 Å². The van der Waals surface area contributed by atoms with Crippen molar-refractivity contribution >= 4 is 38.3 Å².